The molecule has 0 fully saturated rings. The second-order valence-electron chi connectivity index (χ2n) is 5.08. The summed E-state index contributed by atoms with van der Waals surface area (Å²) in [5.74, 6) is -0.529. The molecule has 0 aliphatic rings. The Kier molecular flexibility index (Phi) is 5.49. The molecule has 0 radical (unpaired) electrons. The molecule has 1 atom stereocenters. The summed E-state index contributed by atoms with van der Waals surface area (Å²) in [6.07, 6.45) is 0.748. The van der Waals surface area contributed by atoms with Crippen LogP contribution < -0.4 is 5.32 Å². The molecule has 1 aromatic heterocycles. The summed E-state index contributed by atoms with van der Waals surface area (Å²) in [6.45, 7) is 3.59. The van der Waals surface area contributed by atoms with E-state index in [-0.39, 0.29) is 24.3 Å². The predicted molar refractivity (Wildman–Crippen MR) is 88.9 cm³/mol. The number of carbonyl (C=O) groups excluding carboxylic acids is 1. The first-order valence-corrected chi connectivity index (χ1v) is 7.95. The van der Waals surface area contributed by atoms with Crippen LogP contribution in [0.25, 0.3) is 0 Å². The number of hydrogen-bond acceptors (Lipinski definition) is 4. The largest absolute Gasteiger partial charge is 0.404 e. The molecule has 0 spiro atoms. The third-order valence-corrected chi connectivity index (χ3v) is 4.46. The Morgan fingerprint density at radius 3 is 2.61 bits per heavy atom. The molecule has 0 aliphatic heterocycles. The lowest BCUT2D eigenvalue weighted by molar-refractivity contribution is -0.390. The second kappa shape index (κ2) is 7.36. The van der Waals surface area contributed by atoms with Gasteiger partial charge in [0, 0.05) is 0 Å². The van der Waals surface area contributed by atoms with Gasteiger partial charge >= 0.3 is 5.82 Å². The fourth-order valence-corrected chi connectivity index (χ4v) is 2.69. The predicted octanol–water partition coefficient (Wildman–Crippen LogP) is 3.13. The van der Waals surface area contributed by atoms with Gasteiger partial charge in [-0.15, -0.1) is 0 Å². The average molecular weight is 381 g/mol. The van der Waals surface area contributed by atoms with Crippen molar-refractivity contribution in [1.82, 2.24) is 15.1 Å². The molecule has 0 saturated carbocycles. The van der Waals surface area contributed by atoms with Crippen LogP contribution in [0.4, 0.5) is 5.82 Å². The zero-order chi connectivity index (χ0) is 17.0. The van der Waals surface area contributed by atoms with E-state index in [1.54, 1.807) is 6.92 Å². The van der Waals surface area contributed by atoms with Crippen LogP contribution in [0.3, 0.4) is 0 Å². The number of aromatic nitrogens is 2. The highest BCUT2D eigenvalue weighted by Gasteiger charge is 2.25. The highest BCUT2D eigenvalue weighted by atomic mass is 79.9. The number of rotatable bonds is 6. The van der Waals surface area contributed by atoms with Gasteiger partial charge in [-0.1, -0.05) is 37.3 Å². The Morgan fingerprint density at radius 1 is 1.43 bits per heavy atom. The molecule has 1 amide bonds. The molecule has 0 bridgehead atoms. The quantitative estimate of drug-likeness (QED) is 0.615. The van der Waals surface area contributed by atoms with Gasteiger partial charge in [0.1, 0.15) is 11.0 Å². The van der Waals surface area contributed by atoms with Gasteiger partial charge in [0.05, 0.1) is 16.8 Å². The molecule has 8 heteroatoms. The Balaban J connectivity index is 2.10. The van der Waals surface area contributed by atoms with E-state index in [0.717, 1.165) is 12.0 Å². The van der Waals surface area contributed by atoms with Crippen molar-refractivity contribution in [2.45, 2.75) is 32.9 Å². The Morgan fingerprint density at radius 2 is 2.09 bits per heavy atom. The van der Waals surface area contributed by atoms with Crippen LogP contribution in [-0.2, 0) is 11.3 Å². The van der Waals surface area contributed by atoms with E-state index in [0.29, 0.717) is 10.2 Å². The first-order valence-electron chi connectivity index (χ1n) is 7.15. The molecular weight excluding hydrogens is 364 g/mol. The minimum atomic E-state index is -0.579. The second-order valence-corrected chi connectivity index (χ2v) is 5.87. The molecule has 7 nitrogen and oxygen atoms in total. The molecule has 1 N–H and O–H groups in total. The number of halogens is 1. The van der Waals surface area contributed by atoms with E-state index in [9.17, 15) is 14.9 Å². The maximum absolute atomic E-state index is 12.2. The van der Waals surface area contributed by atoms with Crippen molar-refractivity contribution < 1.29 is 9.72 Å². The first kappa shape index (κ1) is 17.1. The van der Waals surface area contributed by atoms with E-state index in [2.05, 4.69) is 26.3 Å². The van der Waals surface area contributed by atoms with Crippen molar-refractivity contribution in [3.63, 3.8) is 0 Å². The molecule has 2 rings (SSSR count). The molecule has 2 aromatic rings. The average Bonchev–Trinajstić information content (AvgIpc) is 2.82. The number of nitro groups is 1. The van der Waals surface area contributed by atoms with Gasteiger partial charge in [-0.05, 0) is 39.8 Å². The standard InChI is InChI=1S/C15H17BrN4O3/c1-3-12(11-7-5-4-6-8-11)17-13(21)9-19-10(2)14(16)15(18-19)20(22)23/h4-8,12H,3,9H2,1-2H3,(H,17,21). The van der Waals surface area contributed by atoms with Crippen LogP contribution in [0.1, 0.15) is 30.6 Å². The SMILES string of the molecule is CCC(NC(=O)Cn1nc([N+](=O)[O-])c(Br)c1C)c1ccccc1. The summed E-state index contributed by atoms with van der Waals surface area (Å²) < 4.78 is 1.63. The van der Waals surface area contributed by atoms with Crippen molar-refractivity contribution in [3.05, 3.63) is 56.2 Å². The lowest BCUT2D eigenvalue weighted by Gasteiger charge is -2.17. The van der Waals surface area contributed by atoms with Crippen LogP contribution in [0, 0.1) is 17.0 Å². The first-order chi connectivity index (χ1) is 10.9. The third-order valence-electron chi connectivity index (χ3n) is 3.53. The maximum Gasteiger partial charge on any atom is 0.404 e. The summed E-state index contributed by atoms with van der Waals surface area (Å²) >= 11 is 3.14. The Labute approximate surface area is 142 Å². The minimum Gasteiger partial charge on any atom is -0.358 e. The summed E-state index contributed by atoms with van der Waals surface area (Å²) in [6, 6.07) is 9.56. The number of amides is 1. The summed E-state index contributed by atoms with van der Waals surface area (Å²) in [4.78, 5) is 22.5. The van der Waals surface area contributed by atoms with Gasteiger partial charge in [0.25, 0.3) is 0 Å². The normalized spacial score (nSPS) is 12.0. The summed E-state index contributed by atoms with van der Waals surface area (Å²) in [5, 5.41) is 17.7. The lowest BCUT2D eigenvalue weighted by atomic mass is 10.0. The summed E-state index contributed by atoms with van der Waals surface area (Å²) in [5.41, 5.74) is 1.56. The zero-order valence-electron chi connectivity index (χ0n) is 12.8. The number of hydrogen-bond donors (Lipinski definition) is 1. The monoisotopic (exact) mass is 380 g/mol. The van der Waals surface area contributed by atoms with Crippen LogP contribution in [-0.4, -0.2) is 20.6 Å². The van der Waals surface area contributed by atoms with Crippen LogP contribution >= 0.6 is 15.9 Å². The fraction of sp³-hybridized carbons (Fsp3) is 0.333. The van der Waals surface area contributed by atoms with Crippen molar-refractivity contribution in [2.75, 3.05) is 0 Å². The molecule has 1 unspecified atom stereocenters. The maximum atomic E-state index is 12.2. The van der Waals surface area contributed by atoms with Crippen molar-refractivity contribution in [3.8, 4) is 0 Å². The number of nitrogens with zero attached hydrogens (tertiary/aromatic N) is 3. The van der Waals surface area contributed by atoms with Gasteiger partial charge in [0.15, 0.2) is 0 Å². The van der Waals surface area contributed by atoms with E-state index >= 15 is 0 Å². The van der Waals surface area contributed by atoms with Crippen LogP contribution in [0.2, 0.25) is 0 Å². The van der Waals surface area contributed by atoms with Gasteiger partial charge in [-0.25, -0.2) is 0 Å². The molecule has 23 heavy (non-hydrogen) atoms. The highest BCUT2D eigenvalue weighted by molar-refractivity contribution is 9.10. The van der Waals surface area contributed by atoms with Gasteiger partial charge in [-0.2, -0.15) is 4.68 Å². The van der Waals surface area contributed by atoms with Crippen molar-refractivity contribution >= 4 is 27.7 Å². The molecular formula is C15H17BrN4O3. The van der Waals surface area contributed by atoms with Gasteiger partial charge in [-0.3, -0.25) is 4.79 Å². The van der Waals surface area contributed by atoms with E-state index < -0.39 is 4.92 Å². The van der Waals surface area contributed by atoms with Crippen LogP contribution in [0.15, 0.2) is 34.8 Å². The molecule has 1 aromatic carbocycles. The number of benzene rings is 1. The summed E-state index contributed by atoms with van der Waals surface area (Å²) in [7, 11) is 0. The lowest BCUT2D eigenvalue weighted by Crippen LogP contribution is -2.31. The van der Waals surface area contributed by atoms with Gasteiger partial charge in [0.2, 0.25) is 5.91 Å². The highest BCUT2D eigenvalue weighted by Crippen LogP contribution is 2.26. The molecule has 1 heterocycles. The van der Waals surface area contributed by atoms with E-state index in [4.69, 9.17) is 0 Å². The van der Waals surface area contributed by atoms with Crippen LogP contribution in [0.5, 0.6) is 0 Å². The number of nitrogens with one attached hydrogen (secondary N) is 1. The van der Waals surface area contributed by atoms with Gasteiger partial charge < -0.3 is 15.4 Å². The Bertz CT molecular complexity index is 715. The smallest absolute Gasteiger partial charge is 0.358 e. The number of carbonyl (C=O) groups is 1. The fourth-order valence-electron chi connectivity index (χ4n) is 2.26. The Hall–Kier alpha value is -2.22. The van der Waals surface area contributed by atoms with Crippen molar-refractivity contribution in [1.29, 1.82) is 0 Å². The molecule has 122 valence electrons. The third kappa shape index (κ3) is 3.95. The molecule has 0 saturated heterocycles. The zero-order valence-corrected chi connectivity index (χ0v) is 14.4. The van der Waals surface area contributed by atoms with E-state index in [1.807, 2.05) is 37.3 Å². The van der Waals surface area contributed by atoms with Crippen molar-refractivity contribution in [2.24, 2.45) is 0 Å². The van der Waals surface area contributed by atoms with E-state index in [1.165, 1.54) is 4.68 Å². The topological polar surface area (TPSA) is 90.1 Å². The minimum absolute atomic E-state index is 0.0679. The molecule has 0 aliphatic carbocycles.